The van der Waals surface area contributed by atoms with Gasteiger partial charge in [0, 0.05) is 4.70 Å². The Hall–Kier alpha value is -2.14. The zero-order chi connectivity index (χ0) is 14.1. The van der Waals surface area contributed by atoms with E-state index in [-0.39, 0.29) is 0 Å². The van der Waals surface area contributed by atoms with Gasteiger partial charge in [0.1, 0.15) is 17.0 Å². The van der Waals surface area contributed by atoms with Crippen molar-refractivity contribution in [1.29, 1.82) is 0 Å². The Labute approximate surface area is 120 Å². The number of aryl methyl sites for hydroxylation is 1. The Bertz CT molecular complexity index is 739. The van der Waals surface area contributed by atoms with E-state index >= 15 is 0 Å². The summed E-state index contributed by atoms with van der Waals surface area (Å²) in [6.07, 6.45) is 0. The molecule has 0 N–H and O–H groups in total. The summed E-state index contributed by atoms with van der Waals surface area (Å²) in [5.74, 6) is 0.0922. The third kappa shape index (κ3) is 2.10. The van der Waals surface area contributed by atoms with Gasteiger partial charge in [-0.15, -0.1) is 11.3 Å². The molecule has 0 bridgehead atoms. The number of hydrogen-bond acceptors (Lipinski definition) is 5. The van der Waals surface area contributed by atoms with E-state index in [0.29, 0.717) is 23.6 Å². The van der Waals surface area contributed by atoms with Gasteiger partial charge in [0.2, 0.25) is 0 Å². The predicted molar refractivity (Wildman–Crippen MR) is 78.0 cm³/mol. The molecule has 0 aliphatic carbocycles. The highest BCUT2D eigenvalue weighted by Gasteiger charge is 2.23. The molecule has 0 aliphatic rings. The predicted octanol–water partition coefficient (Wildman–Crippen LogP) is 4.04. The van der Waals surface area contributed by atoms with Crippen LogP contribution >= 0.6 is 11.3 Å². The first kappa shape index (κ1) is 12.9. The maximum Gasteiger partial charge on any atom is 0.344 e. The van der Waals surface area contributed by atoms with Crippen LogP contribution in [0.4, 0.5) is 0 Å². The fraction of sp³-hybridized carbons (Fsp3) is 0.200. The van der Waals surface area contributed by atoms with E-state index in [9.17, 15) is 4.79 Å². The van der Waals surface area contributed by atoms with Crippen molar-refractivity contribution in [1.82, 2.24) is 5.16 Å². The molecule has 3 aromatic rings. The average molecular weight is 287 g/mol. The van der Waals surface area contributed by atoms with Crippen molar-refractivity contribution >= 4 is 27.4 Å². The lowest BCUT2D eigenvalue weighted by molar-refractivity contribution is 0.0525. The standard InChI is InChI=1S/C15H13NO3S/c1-3-18-15(17)13-9(2)19-16-14(13)12-8-10-6-4-5-7-11(10)20-12/h4-8H,3H2,1-2H3. The number of thiophene rings is 1. The largest absolute Gasteiger partial charge is 0.462 e. The van der Waals surface area contributed by atoms with E-state index in [2.05, 4.69) is 5.16 Å². The van der Waals surface area contributed by atoms with Crippen LogP contribution in [0, 0.1) is 6.92 Å². The summed E-state index contributed by atoms with van der Waals surface area (Å²) in [5, 5.41) is 5.15. The number of ether oxygens (including phenoxy) is 1. The van der Waals surface area contributed by atoms with Crippen molar-refractivity contribution in [2.75, 3.05) is 6.61 Å². The third-order valence-electron chi connectivity index (χ3n) is 3.00. The van der Waals surface area contributed by atoms with Gasteiger partial charge in [0.05, 0.1) is 11.5 Å². The number of hydrogen-bond donors (Lipinski definition) is 0. The second-order valence-electron chi connectivity index (χ2n) is 4.33. The van der Waals surface area contributed by atoms with Crippen LogP contribution in [-0.2, 0) is 4.74 Å². The lowest BCUT2D eigenvalue weighted by atomic mass is 10.1. The number of fused-ring (bicyclic) bond motifs is 1. The third-order valence-corrected chi connectivity index (χ3v) is 4.12. The van der Waals surface area contributed by atoms with Gasteiger partial charge in [-0.25, -0.2) is 4.79 Å². The van der Waals surface area contributed by atoms with Crippen LogP contribution in [0.1, 0.15) is 23.0 Å². The van der Waals surface area contributed by atoms with E-state index in [4.69, 9.17) is 9.26 Å². The van der Waals surface area contributed by atoms with Crippen LogP contribution in [0.2, 0.25) is 0 Å². The molecule has 2 aromatic heterocycles. The first-order valence-corrected chi connectivity index (χ1v) is 7.14. The van der Waals surface area contributed by atoms with Crippen molar-refractivity contribution in [3.63, 3.8) is 0 Å². The number of esters is 1. The number of carbonyl (C=O) groups is 1. The summed E-state index contributed by atoms with van der Waals surface area (Å²) in [7, 11) is 0. The van der Waals surface area contributed by atoms with Gasteiger partial charge in [-0.3, -0.25) is 0 Å². The molecule has 0 spiro atoms. The van der Waals surface area contributed by atoms with Crippen LogP contribution in [0.25, 0.3) is 20.7 Å². The molecule has 0 saturated carbocycles. The molecule has 1 aromatic carbocycles. The van der Waals surface area contributed by atoms with E-state index in [1.54, 1.807) is 25.2 Å². The molecule has 0 saturated heterocycles. The van der Waals surface area contributed by atoms with E-state index in [0.717, 1.165) is 15.0 Å². The lowest BCUT2D eigenvalue weighted by Gasteiger charge is -2.00. The Morgan fingerprint density at radius 3 is 2.95 bits per heavy atom. The number of nitrogens with zero attached hydrogens (tertiary/aromatic N) is 1. The molecule has 0 amide bonds. The highest BCUT2D eigenvalue weighted by Crippen LogP contribution is 2.35. The Kier molecular flexibility index (Phi) is 3.28. The van der Waals surface area contributed by atoms with E-state index < -0.39 is 5.97 Å². The Morgan fingerprint density at radius 1 is 1.40 bits per heavy atom. The zero-order valence-corrected chi connectivity index (χ0v) is 12.0. The van der Waals surface area contributed by atoms with Crippen LogP contribution in [0.3, 0.4) is 0 Å². The van der Waals surface area contributed by atoms with Gasteiger partial charge >= 0.3 is 5.97 Å². The van der Waals surface area contributed by atoms with Gasteiger partial charge < -0.3 is 9.26 Å². The summed E-state index contributed by atoms with van der Waals surface area (Å²) in [5.41, 5.74) is 0.973. The summed E-state index contributed by atoms with van der Waals surface area (Å²) in [4.78, 5) is 12.9. The summed E-state index contributed by atoms with van der Waals surface area (Å²) >= 11 is 1.58. The second kappa shape index (κ2) is 5.09. The monoisotopic (exact) mass is 287 g/mol. The van der Waals surface area contributed by atoms with Gasteiger partial charge in [-0.1, -0.05) is 23.4 Å². The van der Waals surface area contributed by atoms with E-state index in [1.807, 2.05) is 30.3 Å². The first-order valence-electron chi connectivity index (χ1n) is 6.33. The molecule has 20 heavy (non-hydrogen) atoms. The number of benzene rings is 1. The maximum atomic E-state index is 12.0. The van der Waals surface area contributed by atoms with Gasteiger partial charge in [0.15, 0.2) is 0 Å². The minimum atomic E-state index is -0.390. The summed E-state index contributed by atoms with van der Waals surface area (Å²) in [6.45, 7) is 3.82. The highest BCUT2D eigenvalue weighted by molar-refractivity contribution is 7.22. The fourth-order valence-electron chi connectivity index (χ4n) is 2.08. The van der Waals surface area contributed by atoms with Crippen molar-refractivity contribution < 1.29 is 14.1 Å². The molecule has 0 atom stereocenters. The second-order valence-corrected chi connectivity index (χ2v) is 5.42. The first-order chi connectivity index (χ1) is 9.70. The van der Waals surface area contributed by atoms with Gasteiger partial charge in [-0.05, 0) is 31.4 Å². The normalized spacial score (nSPS) is 10.9. The van der Waals surface area contributed by atoms with Crippen molar-refractivity contribution in [2.24, 2.45) is 0 Å². The Morgan fingerprint density at radius 2 is 2.20 bits per heavy atom. The number of carbonyl (C=O) groups excluding carboxylic acids is 1. The number of aromatic nitrogens is 1. The lowest BCUT2D eigenvalue weighted by Crippen LogP contribution is -2.06. The molecular weight excluding hydrogens is 274 g/mol. The van der Waals surface area contributed by atoms with Crippen LogP contribution in [-0.4, -0.2) is 17.7 Å². The molecule has 102 valence electrons. The maximum absolute atomic E-state index is 12.0. The molecule has 3 rings (SSSR count). The topological polar surface area (TPSA) is 52.3 Å². The van der Waals surface area contributed by atoms with Crippen LogP contribution in [0.5, 0.6) is 0 Å². The molecule has 5 heteroatoms. The Balaban J connectivity index is 2.12. The molecule has 4 nitrogen and oxygen atoms in total. The molecule has 0 unspecified atom stereocenters. The van der Waals surface area contributed by atoms with Crippen molar-refractivity contribution in [3.05, 3.63) is 41.7 Å². The molecule has 0 radical (unpaired) electrons. The van der Waals surface area contributed by atoms with Crippen LogP contribution < -0.4 is 0 Å². The van der Waals surface area contributed by atoms with Crippen molar-refractivity contribution in [2.45, 2.75) is 13.8 Å². The van der Waals surface area contributed by atoms with Crippen LogP contribution in [0.15, 0.2) is 34.9 Å². The molecule has 2 heterocycles. The zero-order valence-electron chi connectivity index (χ0n) is 11.2. The quantitative estimate of drug-likeness (QED) is 0.682. The van der Waals surface area contributed by atoms with Crippen molar-refractivity contribution in [3.8, 4) is 10.6 Å². The van der Waals surface area contributed by atoms with E-state index in [1.165, 1.54) is 0 Å². The fourth-order valence-corrected chi connectivity index (χ4v) is 3.13. The highest BCUT2D eigenvalue weighted by atomic mass is 32.1. The molecule has 0 aliphatic heterocycles. The van der Waals surface area contributed by atoms with Gasteiger partial charge in [-0.2, -0.15) is 0 Å². The average Bonchev–Trinajstić information content (AvgIpc) is 3.01. The summed E-state index contributed by atoms with van der Waals surface area (Å²) < 4.78 is 11.4. The number of rotatable bonds is 3. The molecule has 0 fully saturated rings. The summed E-state index contributed by atoms with van der Waals surface area (Å²) in [6, 6.07) is 10.1. The van der Waals surface area contributed by atoms with Gasteiger partial charge in [0.25, 0.3) is 0 Å². The smallest absolute Gasteiger partial charge is 0.344 e. The minimum Gasteiger partial charge on any atom is -0.462 e. The SMILES string of the molecule is CCOC(=O)c1c(-c2cc3ccccc3s2)noc1C. The molecular formula is C15H13NO3S. The minimum absolute atomic E-state index is 0.329.